The molecule has 1 N–H and O–H groups in total. The van der Waals surface area contributed by atoms with Gasteiger partial charge in [-0.1, -0.05) is 0 Å². The standard InChI is InChI=1S/C16H12F3NO2S/c1-2-22-13-7-9(3-5-12(13)21)15-20-11-8-10(16(17,18)19)4-6-14(11)23-15/h3-8,21H,2H2,1H3. The molecule has 3 rings (SSSR count). The first-order chi connectivity index (χ1) is 10.9. The van der Waals surface area contributed by atoms with Crippen LogP contribution in [-0.4, -0.2) is 16.7 Å². The summed E-state index contributed by atoms with van der Waals surface area (Å²) in [7, 11) is 0. The number of nitrogens with zero attached hydrogens (tertiary/aromatic N) is 1. The molecule has 2 aromatic carbocycles. The number of halogens is 3. The Hall–Kier alpha value is -2.28. The molecule has 0 radical (unpaired) electrons. The summed E-state index contributed by atoms with van der Waals surface area (Å²) in [6, 6.07) is 8.27. The van der Waals surface area contributed by atoms with Gasteiger partial charge in [-0.2, -0.15) is 13.2 Å². The molecule has 3 nitrogen and oxygen atoms in total. The van der Waals surface area contributed by atoms with Crippen LogP contribution >= 0.6 is 11.3 Å². The first-order valence-electron chi connectivity index (χ1n) is 6.82. The summed E-state index contributed by atoms with van der Waals surface area (Å²) in [6.07, 6.45) is -4.39. The maximum absolute atomic E-state index is 12.8. The quantitative estimate of drug-likeness (QED) is 0.723. The molecule has 0 unspecified atom stereocenters. The molecule has 0 aliphatic rings. The number of thiazole rings is 1. The van der Waals surface area contributed by atoms with Gasteiger partial charge < -0.3 is 9.84 Å². The minimum absolute atomic E-state index is 0.0102. The van der Waals surface area contributed by atoms with Crippen LogP contribution in [0.5, 0.6) is 11.5 Å². The van der Waals surface area contributed by atoms with Gasteiger partial charge in [0.2, 0.25) is 0 Å². The maximum Gasteiger partial charge on any atom is 0.416 e. The van der Waals surface area contributed by atoms with Crippen LogP contribution in [0.2, 0.25) is 0 Å². The Bertz CT molecular complexity index is 858. The lowest BCUT2D eigenvalue weighted by molar-refractivity contribution is -0.137. The van der Waals surface area contributed by atoms with Crippen LogP contribution < -0.4 is 4.74 Å². The first kappa shape index (κ1) is 15.6. The van der Waals surface area contributed by atoms with E-state index in [1.165, 1.54) is 23.5 Å². The summed E-state index contributed by atoms with van der Waals surface area (Å²) in [4.78, 5) is 4.27. The summed E-state index contributed by atoms with van der Waals surface area (Å²) < 4.78 is 44.3. The van der Waals surface area contributed by atoms with Crippen LogP contribution in [0.15, 0.2) is 36.4 Å². The molecule has 1 heterocycles. The van der Waals surface area contributed by atoms with Crippen LogP contribution in [0.25, 0.3) is 20.8 Å². The average molecular weight is 339 g/mol. The van der Waals surface area contributed by atoms with Crippen molar-refractivity contribution in [2.45, 2.75) is 13.1 Å². The van der Waals surface area contributed by atoms with Gasteiger partial charge in [0.05, 0.1) is 22.4 Å². The topological polar surface area (TPSA) is 42.4 Å². The zero-order valence-corrected chi connectivity index (χ0v) is 12.8. The average Bonchev–Trinajstić information content (AvgIpc) is 2.91. The van der Waals surface area contributed by atoms with Crippen molar-refractivity contribution in [1.29, 1.82) is 0 Å². The van der Waals surface area contributed by atoms with Gasteiger partial charge in [-0.3, -0.25) is 0 Å². The highest BCUT2D eigenvalue weighted by molar-refractivity contribution is 7.21. The molecule has 7 heteroatoms. The third kappa shape index (κ3) is 3.10. The fourth-order valence-corrected chi connectivity index (χ4v) is 3.09. The SMILES string of the molecule is CCOc1cc(-c2nc3cc(C(F)(F)F)ccc3s2)ccc1O. The van der Waals surface area contributed by atoms with E-state index in [-0.39, 0.29) is 5.75 Å². The van der Waals surface area contributed by atoms with Crippen molar-refractivity contribution in [3.8, 4) is 22.1 Å². The lowest BCUT2D eigenvalue weighted by atomic mass is 10.2. The molecule has 120 valence electrons. The van der Waals surface area contributed by atoms with Crippen molar-refractivity contribution in [2.24, 2.45) is 0 Å². The molecule has 0 aliphatic carbocycles. The summed E-state index contributed by atoms with van der Waals surface area (Å²) in [6.45, 7) is 2.19. The number of ether oxygens (including phenoxy) is 1. The lowest BCUT2D eigenvalue weighted by Gasteiger charge is -2.06. The highest BCUT2D eigenvalue weighted by Crippen LogP contribution is 2.37. The van der Waals surface area contributed by atoms with Crippen LogP contribution in [0.3, 0.4) is 0 Å². The minimum Gasteiger partial charge on any atom is -0.504 e. The van der Waals surface area contributed by atoms with Gasteiger partial charge in [0, 0.05) is 5.56 Å². The third-order valence-electron chi connectivity index (χ3n) is 3.22. The molecule has 0 fully saturated rings. The highest BCUT2D eigenvalue weighted by atomic mass is 32.1. The molecule has 0 bridgehead atoms. The number of hydrogen-bond donors (Lipinski definition) is 1. The zero-order valence-electron chi connectivity index (χ0n) is 12.0. The van der Waals surface area contributed by atoms with E-state index in [2.05, 4.69) is 4.98 Å². The molecule has 23 heavy (non-hydrogen) atoms. The maximum atomic E-state index is 12.8. The predicted molar refractivity (Wildman–Crippen MR) is 82.9 cm³/mol. The van der Waals surface area contributed by atoms with Crippen LogP contribution in [-0.2, 0) is 6.18 Å². The van der Waals surface area contributed by atoms with Gasteiger partial charge in [-0.05, 0) is 43.3 Å². The van der Waals surface area contributed by atoms with Crippen LogP contribution in [0.4, 0.5) is 13.2 Å². The minimum atomic E-state index is -4.39. The number of aromatic nitrogens is 1. The van der Waals surface area contributed by atoms with Crippen molar-refractivity contribution in [3.63, 3.8) is 0 Å². The first-order valence-corrected chi connectivity index (χ1v) is 7.64. The van der Waals surface area contributed by atoms with Crippen LogP contribution in [0.1, 0.15) is 12.5 Å². The van der Waals surface area contributed by atoms with Crippen LogP contribution in [0, 0.1) is 0 Å². The van der Waals surface area contributed by atoms with Gasteiger partial charge >= 0.3 is 6.18 Å². The van der Waals surface area contributed by atoms with E-state index in [9.17, 15) is 18.3 Å². The van der Waals surface area contributed by atoms with E-state index in [1.807, 2.05) is 0 Å². The Kier molecular flexibility index (Phi) is 3.89. The number of phenolic OH excluding ortho intramolecular Hbond substituents is 1. The smallest absolute Gasteiger partial charge is 0.416 e. The summed E-state index contributed by atoms with van der Waals surface area (Å²) in [5, 5.41) is 10.3. The zero-order chi connectivity index (χ0) is 16.6. The Balaban J connectivity index is 2.05. The van der Waals surface area contributed by atoms with Gasteiger partial charge in [0.25, 0.3) is 0 Å². The summed E-state index contributed by atoms with van der Waals surface area (Å²) >= 11 is 1.29. The summed E-state index contributed by atoms with van der Waals surface area (Å²) in [5.74, 6) is 0.330. The second-order valence-electron chi connectivity index (χ2n) is 4.81. The normalized spacial score (nSPS) is 11.8. The number of hydrogen-bond acceptors (Lipinski definition) is 4. The van der Waals surface area contributed by atoms with E-state index >= 15 is 0 Å². The van der Waals surface area contributed by atoms with E-state index in [0.717, 1.165) is 12.1 Å². The van der Waals surface area contributed by atoms with Gasteiger partial charge in [-0.25, -0.2) is 4.98 Å². The molecule has 3 aromatic rings. The van der Waals surface area contributed by atoms with Gasteiger partial charge in [0.1, 0.15) is 5.01 Å². The molecule has 0 amide bonds. The van der Waals surface area contributed by atoms with Crippen molar-refractivity contribution in [3.05, 3.63) is 42.0 Å². The number of benzene rings is 2. The number of phenols is 1. The number of alkyl halides is 3. The third-order valence-corrected chi connectivity index (χ3v) is 4.31. The molecule has 1 aromatic heterocycles. The molecule has 0 atom stereocenters. The number of rotatable bonds is 3. The Morgan fingerprint density at radius 2 is 1.96 bits per heavy atom. The Labute approximate surface area is 134 Å². The lowest BCUT2D eigenvalue weighted by Crippen LogP contribution is -2.03. The molecular weight excluding hydrogens is 327 g/mol. The highest BCUT2D eigenvalue weighted by Gasteiger charge is 2.30. The van der Waals surface area contributed by atoms with E-state index in [4.69, 9.17) is 4.74 Å². The van der Waals surface area contributed by atoms with Gasteiger partial charge in [-0.15, -0.1) is 11.3 Å². The molecular formula is C16H12F3NO2S. The number of fused-ring (bicyclic) bond motifs is 1. The largest absolute Gasteiger partial charge is 0.504 e. The van der Waals surface area contributed by atoms with Gasteiger partial charge in [0.15, 0.2) is 11.5 Å². The molecule has 0 spiro atoms. The monoisotopic (exact) mass is 339 g/mol. The molecule has 0 aliphatic heterocycles. The van der Waals surface area contributed by atoms with Crippen molar-refractivity contribution >= 4 is 21.6 Å². The van der Waals surface area contributed by atoms with Crippen molar-refractivity contribution in [1.82, 2.24) is 4.98 Å². The molecule has 0 saturated heterocycles. The fourth-order valence-electron chi connectivity index (χ4n) is 2.15. The van der Waals surface area contributed by atoms with E-state index < -0.39 is 11.7 Å². The second-order valence-corrected chi connectivity index (χ2v) is 5.85. The Morgan fingerprint density at radius 1 is 1.17 bits per heavy atom. The van der Waals surface area contributed by atoms with E-state index in [0.29, 0.717) is 33.1 Å². The van der Waals surface area contributed by atoms with Crippen molar-refractivity contribution in [2.75, 3.05) is 6.61 Å². The second kappa shape index (κ2) is 5.73. The van der Waals surface area contributed by atoms with Crippen molar-refractivity contribution < 1.29 is 23.0 Å². The molecule has 0 saturated carbocycles. The van der Waals surface area contributed by atoms with E-state index in [1.54, 1.807) is 19.1 Å². The predicted octanol–water partition coefficient (Wildman–Crippen LogP) is 5.09. The number of aromatic hydroxyl groups is 1. The summed E-state index contributed by atoms with van der Waals surface area (Å²) in [5.41, 5.74) is 0.259. The fraction of sp³-hybridized carbons (Fsp3) is 0.188. The Morgan fingerprint density at radius 3 is 2.65 bits per heavy atom.